The van der Waals surface area contributed by atoms with Gasteiger partial charge in [0.25, 0.3) is 0 Å². The van der Waals surface area contributed by atoms with E-state index in [-0.39, 0.29) is 0 Å². The fourth-order valence-electron chi connectivity index (χ4n) is 2.15. The van der Waals surface area contributed by atoms with Gasteiger partial charge in [0.1, 0.15) is 0 Å². The summed E-state index contributed by atoms with van der Waals surface area (Å²) in [5.41, 5.74) is 5.33. The van der Waals surface area contributed by atoms with Crippen LogP contribution in [0.4, 0.5) is 0 Å². The lowest BCUT2D eigenvalue weighted by atomic mass is 10.1. The molecule has 0 atom stereocenters. The van der Waals surface area contributed by atoms with Crippen LogP contribution in [0.1, 0.15) is 71.1 Å². The Morgan fingerprint density at radius 2 is 1.67 bits per heavy atom. The Hall–Kier alpha value is -0.840. The standard InChI is InChI=1S/C13H28N2S.C3H6N2/c1-2-3-4-5-6-7-8-9-10-11-12-15-13(14)16;1-2-5-3-4-1/h2-12H2,1H3,(H3,14,15,16);3H,1-2H2,(H,4,5). The molecule has 0 aliphatic carbocycles. The maximum absolute atomic E-state index is 5.33. The molecule has 0 fully saturated rings. The molecule has 1 aliphatic rings. The first-order valence-electron chi connectivity index (χ1n) is 8.52. The summed E-state index contributed by atoms with van der Waals surface area (Å²) in [7, 11) is 0. The van der Waals surface area contributed by atoms with Gasteiger partial charge in [0.05, 0.1) is 12.9 Å². The molecule has 1 heterocycles. The quantitative estimate of drug-likeness (QED) is 0.404. The minimum Gasteiger partial charge on any atom is -0.376 e. The van der Waals surface area contributed by atoms with Crippen molar-refractivity contribution >= 4 is 23.7 Å². The van der Waals surface area contributed by atoms with Gasteiger partial charge in [-0.05, 0) is 18.6 Å². The van der Waals surface area contributed by atoms with E-state index in [2.05, 4.69) is 22.5 Å². The smallest absolute Gasteiger partial charge is 0.163 e. The Bertz CT molecular complexity index is 251. The van der Waals surface area contributed by atoms with Crippen molar-refractivity contribution in [2.45, 2.75) is 71.1 Å². The van der Waals surface area contributed by atoms with Gasteiger partial charge >= 0.3 is 0 Å². The zero-order valence-corrected chi connectivity index (χ0v) is 14.5. The van der Waals surface area contributed by atoms with E-state index in [4.69, 9.17) is 18.0 Å². The van der Waals surface area contributed by atoms with Gasteiger partial charge in [-0.15, -0.1) is 0 Å². The van der Waals surface area contributed by atoms with Gasteiger partial charge in [-0.2, -0.15) is 0 Å². The van der Waals surface area contributed by atoms with Gasteiger partial charge in [0.15, 0.2) is 5.11 Å². The first-order chi connectivity index (χ1) is 10.3. The SMILES string of the molecule is C1=NCCN1.CCCCCCCCCCCCNC(N)=S. The predicted octanol–water partition coefficient (Wildman–Crippen LogP) is 3.36. The van der Waals surface area contributed by atoms with Crippen LogP contribution in [0.25, 0.3) is 0 Å². The van der Waals surface area contributed by atoms with E-state index in [1.807, 2.05) is 0 Å². The number of aliphatic imine (C=N–C) groups is 1. The molecule has 1 rings (SSSR count). The average molecular weight is 315 g/mol. The minimum atomic E-state index is 0.427. The van der Waals surface area contributed by atoms with Crippen molar-refractivity contribution in [1.29, 1.82) is 0 Å². The summed E-state index contributed by atoms with van der Waals surface area (Å²) < 4.78 is 0. The van der Waals surface area contributed by atoms with Crippen LogP contribution in [-0.4, -0.2) is 31.1 Å². The van der Waals surface area contributed by atoms with Crippen LogP contribution in [0.3, 0.4) is 0 Å². The number of hydrogen-bond donors (Lipinski definition) is 3. The number of hydrogen-bond acceptors (Lipinski definition) is 3. The first kappa shape index (κ1) is 20.2. The summed E-state index contributed by atoms with van der Waals surface area (Å²) >= 11 is 4.73. The Kier molecular flexibility index (Phi) is 16.5. The molecular formula is C16H34N4S. The normalized spacial score (nSPS) is 12.4. The van der Waals surface area contributed by atoms with E-state index in [0.717, 1.165) is 19.6 Å². The van der Waals surface area contributed by atoms with Crippen LogP contribution in [0, 0.1) is 0 Å². The van der Waals surface area contributed by atoms with E-state index in [1.54, 1.807) is 6.34 Å². The van der Waals surface area contributed by atoms with Gasteiger partial charge in [0.2, 0.25) is 0 Å². The van der Waals surface area contributed by atoms with Crippen molar-refractivity contribution in [3.8, 4) is 0 Å². The molecule has 0 saturated heterocycles. The topological polar surface area (TPSA) is 62.4 Å². The molecule has 0 unspecified atom stereocenters. The number of nitrogens with two attached hydrogens (primary N) is 1. The molecule has 0 spiro atoms. The number of nitrogens with one attached hydrogen (secondary N) is 2. The molecule has 0 bridgehead atoms. The monoisotopic (exact) mass is 314 g/mol. The third kappa shape index (κ3) is 19.2. The fourth-order valence-corrected chi connectivity index (χ4v) is 2.25. The van der Waals surface area contributed by atoms with Gasteiger partial charge in [-0.25, -0.2) is 0 Å². The minimum absolute atomic E-state index is 0.427. The number of nitrogens with zero attached hydrogens (tertiary/aromatic N) is 1. The summed E-state index contributed by atoms with van der Waals surface area (Å²) in [4.78, 5) is 3.85. The lowest BCUT2D eigenvalue weighted by Gasteiger charge is -2.03. The van der Waals surface area contributed by atoms with Crippen LogP contribution in [0.15, 0.2) is 4.99 Å². The summed E-state index contributed by atoms with van der Waals surface area (Å²) in [5, 5.41) is 6.34. The third-order valence-electron chi connectivity index (χ3n) is 3.40. The maximum atomic E-state index is 5.33. The second-order valence-electron chi connectivity index (χ2n) is 5.46. The van der Waals surface area contributed by atoms with Crippen molar-refractivity contribution in [2.24, 2.45) is 10.7 Å². The molecule has 4 N–H and O–H groups in total. The Balaban J connectivity index is 0.000000662. The van der Waals surface area contributed by atoms with Crippen LogP contribution in [0.2, 0.25) is 0 Å². The zero-order chi connectivity index (χ0) is 15.6. The molecule has 0 aromatic carbocycles. The van der Waals surface area contributed by atoms with E-state index in [0.29, 0.717) is 5.11 Å². The molecule has 0 amide bonds. The Morgan fingerprint density at radius 1 is 1.10 bits per heavy atom. The highest BCUT2D eigenvalue weighted by Gasteiger charge is 1.92. The van der Waals surface area contributed by atoms with Crippen LogP contribution in [0.5, 0.6) is 0 Å². The lowest BCUT2D eigenvalue weighted by Crippen LogP contribution is -2.29. The third-order valence-corrected chi connectivity index (χ3v) is 3.54. The molecule has 124 valence electrons. The molecule has 1 aliphatic heterocycles. The van der Waals surface area contributed by atoms with E-state index < -0.39 is 0 Å². The highest BCUT2D eigenvalue weighted by Crippen LogP contribution is 2.10. The molecule has 0 radical (unpaired) electrons. The van der Waals surface area contributed by atoms with Crippen molar-refractivity contribution in [3.63, 3.8) is 0 Å². The number of thiocarbonyl (C=S) groups is 1. The average Bonchev–Trinajstić information content (AvgIpc) is 3.04. The molecule has 0 aromatic rings. The largest absolute Gasteiger partial charge is 0.376 e. The van der Waals surface area contributed by atoms with Crippen molar-refractivity contribution in [1.82, 2.24) is 10.6 Å². The van der Waals surface area contributed by atoms with E-state index in [1.165, 1.54) is 64.2 Å². The van der Waals surface area contributed by atoms with Crippen LogP contribution >= 0.6 is 12.2 Å². The zero-order valence-electron chi connectivity index (χ0n) is 13.7. The van der Waals surface area contributed by atoms with Gasteiger partial charge < -0.3 is 16.4 Å². The van der Waals surface area contributed by atoms with E-state index in [9.17, 15) is 0 Å². The van der Waals surface area contributed by atoms with Crippen molar-refractivity contribution in [3.05, 3.63) is 0 Å². The molecular weight excluding hydrogens is 280 g/mol. The molecule has 4 nitrogen and oxygen atoms in total. The van der Waals surface area contributed by atoms with Gasteiger partial charge in [-0.3, -0.25) is 4.99 Å². The second kappa shape index (κ2) is 17.2. The van der Waals surface area contributed by atoms with E-state index >= 15 is 0 Å². The maximum Gasteiger partial charge on any atom is 0.163 e. The van der Waals surface area contributed by atoms with Crippen molar-refractivity contribution in [2.75, 3.05) is 19.6 Å². The number of unbranched alkanes of at least 4 members (excludes halogenated alkanes) is 9. The summed E-state index contributed by atoms with van der Waals surface area (Å²) in [6, 6.07) is 0. The summed E-state index contributed by atoms with van der Waals surface area (Å²) in [6.07, 6.45) is 15.4. The lowest BCUT2D eigenvalue weighted by molar-refractivity contribution is 0.555. The Labute approximate surface area is 136 Å². The number of rotatable bonds is 11. The highest BCUT2D eigenvalue weighted by atomic mass is 32.1. The first-order valence-corrected chi connectivity index (χ1v) is 8.93. The van der Waals surface area contributed by atoms with Crippen LogP contribution < -0.4 is 16.4 Å². The van der Waals surface area contributed by atoms with Gasteiger partial charge in [0, 0.05) is 13.1 Å². The molecule has 0 aromatic heterocycles. The molecule has 0 saturated carbocycles. The predicted molar refractivity (Wildman–Crippen MR) is 98.0 cm³/mol. The summed E-state index contributed by atoms with van der Waals surface area (Å²) in [5.74, 6) is 0. The summed E-state index contributed by atoms with van der Waals surface area (Å²) in [6.45, 7) is 5.19. The molecule has 21 heavy (non-hydrogen) atoms. The highest BCUT2D eigenvalue weighted by molar-refractivity contribution is 7.80. The van der Waals surface area contributed by atoms with Gasteiger partial charge in [-0.1, -0.05) is 64.7 Å². The van der Waals surface area contributed by atoms with Crippen LogP contribution in [-0.2, 0) is 0 Å². The fraction of sp³-hybridized carbons (Fsp3) is 0.875. The molecule has 5 heteroatoms. The van der Waals surface area contributed by atoms with Crippen molar-refractivity contribution < 1.29 is 0 Å². The second-order valence-corrected chi connectivity index (χ2v) is 5.90. The Morgan fingerprint density at radius 3 is 2.05 bits per heavy atom.